The lowest BCUT2D eigenvalue weighted by Crippen LogP contribution is -2.39. The Bertz CT molecular complexity index is 490. The van der Waals surface area contributed by atoms with Gasteiger partial charge in [-0.05, 0) is 30.9 Å². The Labute approximate surface area is 124 Å². The molecule has 21 heavy (non-hydrogen) atoms. The van der Waals surface area contributed by atoms with Gasteiger partial charge in [0.2, 0.25) is 0 Å². The van der Waals surface area contributed by atoms with Crippen molar-refractivity contribution in [2.45, 2.75) is 25.8 Å². The largest absolute Gasteiger partial charge is 0.481 e. The second-order valence-electron chi connectivity index (χ2n) is 5.41. The third-order valence-electron chi connectivity index (χ3n) is 3.95. The molecule has 1 aliphatic heterocycles. The normalized spacial score (nSPS) is 16.1. The molecule has 0 spiro atoms. The van der Waals surface area contributed by atoms with E-state index in [2.05, 4.69) is 0 Å². The Morgan fingerprint density at radius 1 is 1.38 bits per heavy atom. The predicted octanol–water partition coefficient (Wildman–Crippen LogP) is 1.46. The van der Waals surface area contributed by atoms with Crippen LogP contribution in [0.1, 0.15) is 29.8 Å². The van der Waals surface area contributed by atoms with Gasteiger partial charge >= 0.3 is 5.97 Å². The number of ether oxygens (including phenoxy) is 1. The van der Waals surface area contributed by atoms with Crippen LogP contribution in [0.25, 0.3) is 0 Å². The van der Waals surface area contributed by atoms with Crippen molar-refractivity contribution in [2.24, 2.45) is 5.92 Å². The Morgan fingerprint density at radius 3 is 2.71 bits per heavy atom. The van der Waals surface area contributed by atoms with Gasteiger partial charge in [0.05, 0.1) is 6.61 Å². The minimum absolute atomic E-state index is 0.0184. The number of rotatable bonds is 6. The highest BCUT2D eigenvalue weighted by Gasteiger charge is 2.26. The Balaban J connectivity index is 1.93. The molecule has 0 aromatic carbocycles. The van der Waals surface area contributed by atoms with E-state index in [4.69, 9.17) is 9.84 Å². The van der Waals surface area contributed by atoms with Crippen molar-refractivity contribution in [3.05, 3.63) is 24.0 Å². The second kappa shape index (κ2) is 7.26. The van der Waals surface area contributed by atoms with E-state index in [0.717, 1.165) is 12.8 Å². The molecular formula is C15H22N2O4. The summed E-state index contributed by atoms with van der Waals surface area (Å²) in [6.07, 6.45) is 3.60. The molecule has 1 aliphatic rings. The van der Waals surface area contributed by atoms with Gasteiger partial charge in [-0.1, -0.05) is 0 Å². The number of hydrogen-bond donors (Lipinski definition) is 1. The number of piperidine rings is 1. The number of carbonyl (C=O) groups is 2. The van der Waals surface area contributed by atoms with E-state index in [1.807, 2.05) is 27.8 Å². The molecule has 1 aromatic heterocycles. The minimum atomic E-state index is -0.756. The fraction of sp³-hybridized carbons (Fsp3) is 0.600. The number of nitrogens with zero attached hydrogens (tertiary/aromatic N) is 2. The van der Waals surface area contributed by atoms with Gasteiger partial charge in [-0.2, -0.15) is 0 Å². The van der Waals surface area contributed by atoms with Gasteiger partial charge < -0.3 is 19.3 Å². The average Bonchev–Trinajstić information content (AvgIpc) is 2.93. The number of hydrogen-bond acceptors (Lipinski definition) is 3. The van der Waals surface area contributed by atoms with Crippen molar-refractivity contribution in [3.8, 4) is 0 Å². The predicted molar refractivity (Wildman–Crippen MR) is 77.2 cm³/mol. The van der Waals surface area contributed by atoms with Crippen LogP contribution >= 0.6 is 0 Å². The highest BCUT2D eigenvalue weighted by atomic mass is 16.5. The lowest BCUT2D eigenvalue weighted by Gasteiger charge is -2.31. The second-order valence-corrected chi connectivity index (χ2v) is 5.41. The van der Waals surface area contributed by atoms with Crippen LogP contribution in [-0.4, -0.2) is 53.3 Å². The molecular weight excluding hydrogens is 272 g/mol. The van der Waals surface area contributed by atoms with Crippen molar-refractivity contribution in [3.63, 3.8) is 0 Å². The third-order valence-corrected chi connectivity index (χ3v) is 3.95. The molecule has 1 saturated heterocycles. The smallest absolute Gasteiger partial charge is 0.303 e. The molecule has 0 atom stereocenters. The molecule has 116 valence electrons. The number of amides is 1. The summed E-state index contributed by atoms with van der Waals surface area (Å²) in [5.74, 6) is -0.551. The van der Waals surface area contributed by atoms with Crippen molar-refractivity contribution >= 4 is 11.9 Å². The molecule has 2 rings (SSSR count). The van der Waals surface area contributed by atoms with Crippen LogP contribution in [0.4, 0.5) is 0 Å². The van der Waals surface area contributed by atoms with E-state index in [9.17, 15) is 9.59 Å². The number of carboxylic acids is 1. The summed E-state index contributed by atoms with van der Waals surface area (Å²) in [5, 5.41) is 8.81. The highest BCUT2D eigenvalue weighted by molar-refractivity contribution is 5.92. The zero-order chi connectivity index (χ0) is 15.2. The fourth-order valence-corrected chi connectivity index (χ4v) is 2.74. The molecule has 0 unspecified atom stereocenters. The summed E-state index contributed by atoms with van der Waals surface area (Å²) >= 11 is 0. The van der Waals surface area contributed by atoms with Gasteiger partial charge in [-0.3, -0.25) is 9.59 Å². The van der Waals surface area contributed by atoms with Crippen molar-refractivity contribution in [2.75, 3.05) is 26.8 Å². The molecule has 1 fully saturated rings. The first-order chi connectivity index (χ1) is 10.1. The maximum Gasteiger partial charge on any atom is 0.303 e. The van der Waals surface area contributed by atoms with Gasteiger partial charge in [0.1, 0.15) is 5.69 Å². The molecule has 1 aromatic rings. The molecule has 0 aliphatic carbocycles. The molecule has 1 amide bonds. The van der Waals surface area contributed by atoms with E-state index in [0.29, 0.717) is 31.9 Å². The zero-order valence-corrected chi connectivity index (χ0v) is 12.3. The van der Waals surface area contributed by atoms with Crippen LogP contribution in [0.5, 0.6) is 0 Å². The van der Waals surface area contributed by atoms with E-state index < -0.39 is 5.97 Å². The van der Waals surface area contributed by atoms with Crippen molar-refractivity contribution in [1.29, 1.82) is 0 Å². The number of carboxylic acid groups (broad SMARTS) is 1. The van der Waals surface area contributed by atoms with Gasteiger partial charge in [-0.25, -0.2) is 0 Å². The van der Waals surface area contributed by atoms with E-state index in [-0.39, 0.29) is 18.2 Å². The van der Waals surface area contributed by atoms with Gasteiger partial charge in [-0.15, -0.1) is 0 Å². The van der Waals surface area contributed by atoms with Gasteiger partial charge in [0.25, 0.3) is 5.91 Å². The topological polar surface area (TPSA) is 71.8 Å². The van der Waals surface area contributed by atoms with Crippen LogP contribution in [0.2, 0.25) is 0 Å². The van der Waals surface area contributed by atoms with Crippen LogP contribution in [0, 0.1) is 5.92 Å². The molecule has 2 heterocycles. The van der Waals surface area contributed by atoms with Crippen LogP contribution in [0.3, 0.4) is 0 Å². The summed E-state index contributed by atoms with van der Waals surface area (Å²) in [4.78, 5) is 25.1. The Kier molecular flexibility index (Phi) is 5.38. The van der Waals surface area contributed by atoms with Crippen molar-refractivity contribution in [1.82, 2.24) is 9.47 Å². The van der Waals surface area contributed by atoms with Gasteiger partial charge in [0.15, 0.2) is 0 Å². The summed E-state index contributed by atoms with van der Waals surface area (Å²) in [7, 11) is 1.64. The Hall–Kier alpha value is -1.82. The lowest BCUT2D eigenvalue weighted by atomic mass is 9.93. The van der Waals surface area contributed by atoms with E-state index in [1.165, 1.54) is 0 Å². The first-order valence-corrected chi connectivity index (χ1v) is 7.27. The standard InChI is InChI=1S/C15H22N2O4/c1-21-10-9-16-6-2-3-13(16)15(20)17-7-4-12(5-8-17)11-14(18)19/h2-3,6,12H,4-5,7-11H2,1H3,(H,18,19). The third kappa shape index (κ3) is 4.07. The number of likely N-dealkylation sites (tertiary alicyclic amines) is 1. The molecule has 0 radical (unpaired) electrons. The maximum atomic E-state index is 12.5. The van der Waals surface area contributed by atoms with Gasteiger partial charge in [0, 0.05) is 39.4 Å². The van der Waals surface area contributed by atoms with Crippen LogP contribution in [-0.2, 0) is 16.1 Å². The summed E-state index contributed by atoms with van der Waals surface area (Å²) in [5.41, 5.74) is 0.670. The van der Waals surface area contributed by atoms with E-state index >= 15 is 0 Å². The molecule has 1 N–H and O–H groups in total. The fourth-order valence-electron chi connectivity index (χ4n) is 2.74. The zero-order valence-electron chi connectivity index (χ0n) is 12.3. The number of methoxy groups -OCH3 is 1. The SMILES string of the molecule is COCCn1cccc1C(=O)N1CCC(CC(=O)O)CC1. The first kappa shape index (κ1) is 15.6. The molecule has 0 bridgehead atoms. The Morgan fingerprint density at radius 2 is 2.10 bits per heavy atom. The number of aliphatic carboxylic acids is 1. The summed E-state index contributed by atoms with van der Waals surface area (Å²) in [6.45, 7) is 2.48. The van der Waals surface area contributed by atoms with Crippen LogP contribution in [0.15, 0.2) is 18.3 Å². The van der Waals surface area contributed by atoms with Crippen molar-refractivity contribution < 1.29 is 19.4 Å². The maximum absolute atomic E-state index is 12.5. The quantitative estimate of drug-likeness (QED) is 0.862. The average molecular weight is 294 g/mol. The van der Waals surface area contributed by atoms with E-state index in [1.54, 1.807) is 7.11 Å². The molecule has 6 heteroatoms. The molecule has 6 nitrogen and oxygen atoms in total. The first-order valence-electron chi connectivity index (χ1n) is 7.27. The van der Waals surface area contributed by atoms with Crippen LogP contribution < -0.4 is 0 Å². The number of carbonyl (C=O) groups excluding carboxylic acids is 1. The molecule has 0 saturated carbocycles. The minimum Gasteiger partial charge on any atom is -0.481 e. The summed E-state index contributed by atoms with van der Waals surface area (Å²) in [6, 6.07) is 3.68. The number of aromatic nitrogens is 1. The summed E-state index contributed by atoms with van der Waals surface area (Å²) < 4.78 is 6.94. The highest BCUT2D eigenvalue weighted by Crippen LogP contribution is 2.22. The monoisotopic (exact) mass is 294 g/mol. The lowest BCUT2D eigenvalue weighted by molar-refractivity contribution is -0.138.